The minimum absolute atomic E-state index is 0.0389. The molecule has 0 aliphatic carbocycles. The number of amides is 1. The van der Waals surface area contributed by atoms with Crippen LogP contribution in [0.15, 0.2) is 42.5 Å². The van der Waals surface area contributed by atoms with Gasteiger partial charge in [0.2, 0.25) is 5.91 Å². The molecule has 0 fully saturated rings. The first-order valence-corrected chi connectivity index (χ1v) is 8.42. The zero-order valence-corrected chi connectivity index (χ0v) is 15.0. The Morgan fingerprint density at radius 3 is 2.46 bits per heavy atom. The molecule has 1 amide bonds. The Kier molecular flexibility index (Phi) is 7.01. The zero-order chi connectivity index (χ0) is 18.9. The standard InChI is InChI=1S/C19H18ClN3O3/c1-2-9-26-19(25)13-3-6-15(7-4-13)22-12-18(24)23-16-8-5-14(11-21)17(20)10-16/h3-8,10,22H,2,9,12H2,1H3,(H,23,24). The first kappa shape index (κ1) is 19.3. The lowest BCUT2D eigenvalue weighted by Crippen LogP contribution is -2.21. The van der Waals surface area contributed by atoms with Crippen molar-refractivity contribution in [2.24, 2.45) is 0 Å². The lowest BCUT2D eigenvalue weighted by molar-refractivity contribution is -0.114. The van der Waals surface area contributed by atoms with Gasteiger partial charge in [0, 0.05) is 11.4 Å². The molecule has 0 aromatic heterocycles. The summed E-state index contributed by atoms with van der Waals surface area (Å²) in [5.74, 6) is -0.633. The molecule has 0 heterocycles. The Bertz CT molecular complexity index is 829. The number of hydrogen-bond acceptors (Lipinski definition) is 5. The molecule has 26 heavy (non-hydrogen) atoms. The smallest absolute Gasteiger partial charge is 0.338 e. The Balaban J connectivity index is 1.86. The van der Waals surface area contributed by atoms with Crippen molar-refractivity contribution in [3.8, 4) is 6.07 Å². The number of halogens is 1. The van der Waals surface area contributed by atoms with E-state index in [1.54, 1.807) is 36.4 Å². The fourth-order valence-corrected chi connectivity index (χ4v) is 2.30. The van der Waals surface area contributed by atoms with Crippen molar-refractivity contribution < 1.29 is 14.3 Å². The van der Waals surface area contributed by atoms with Crippen LogP contribution < -0.4 is 10.6 Å². The normalized spacial score (nSPS) is 9.88. The number of nitrogens with one attached hydrogen (secondary N) is 2. The van der Waals surface area contributed by atoms with E-state index in [1.165, 1.54) is 6.07 Å². The van der Waals surface area contributed by atoms with Gasteiger partial charge in [0.15, 0.2) is 0 Å². The Hall–Kier alpha value is -3.04. The lowest BCUT2D eigenvalue weighted by atomic mass is 10.2. The number of benzene rings is 2. The van der Waals surface area contributed by atoms with Crippen LogP contribution in [-0.4, -0.2) is 25.0 Å². The fraction of sp³-hybridized carbons (Fsp3) is 0.211. The molecule has 0 bridgehead atoms. The molecule has 0 saturated carbocycles. The molecule has 0 radical (unpaired) electrons. The highest BCUT2D eigenvalue weighted by atomic mass is 35.5. The lowest BCUT2D eigenvalue weighted by Gasteiger charge is -2.09. The summed E-state index contributed by atoms with van der Waals surface area (Å²) in [4.78, 5) is 23.7. The van der Waals surface area contributed by atoms with Gasteiger partial charge in [-0.1, -0.05) is 18.5 Å². The van der Waals surface area contributed by atoms with Crippen molar-refractivity contribution in [1.29, 1.82) is 5.26 Å². The topological polar surface area (TPSA) is 91.2 Å². The summed E-state index contributed by atoms with van der Waals surface area (Å²) in [5, 5.41) is 14.8. The second-order valence-corrected chi connectivity index (χ2v) is 5.83. The third-order valence-electron chi connectivity index (χ3n) is 3.38. The van der Waals surface area contributed by atoms with Gasteiger partial charge in [0.05, 0.1) is 29.3 Å². The van der Waals surface area contributed by atoms with E-state index in [0.717, 1.165) is 6.42 Å². The van der Waals surface area contributed by atoms with Gasteiger partial charge in [-0.05, 0) is 48.9 Å². The average molecular weight is 372 g/mol. The van der Waals surface area contributed by atoms with Gasteiger partial charge >= 0.3 is 5.97 Å². The van der Waals surface area contributed by atoms with Gasteiger partial charge in [-0.3, -0.25) is 4.79 Å². The fourth-order valence-electron chi connectivity index (χ4n) is 2.07. The summed E-state index contributed by atoms with van der Waals surface area (Å²) < 4.78 is 5.05. The predicted octanol–water partition coefficient (Wildman–Crippen LogP) is 3.83. The van der Waals surface area contributed by atoms with Gasteiger partial charge in [-0.2, -0.15) is 5.26 Å². The molecule has 2 aromatic rings. The SMILES string of the molecule is CCCOC(=O)c1ccc(NCC(=O)Nc2ccc(C#N)c(Cl)c2)cc1. The van der Waals surface area contributed by atoms with Crippen LogP contribution in [0.1, 0.15) is 29.3 Å². The van der Waals surface area contributed by atoms with Gasteiger partial charge in [-0.25, -0.2) is 4.79 Å². The van der Waals surface area contributed by atoms with Crippen LogP contribution in [0, 0.1) is 11.3 Å². The van der Waals surface area contributed by atoms with Gasteiger partial charge in [-0.15, -0.1) is 0 Å². The second kappa shape index (κ2) is 9.44. The number of hydrogen-bond donors (Lipinski definition) is 2. The molecule has 134 valence electrons. The summed E-state index contributed by atoms with van der Waals surface area (Å²) >= 11 is 5.93. The number of carbonyl (C=O) groups is 2. The minimum atomic E-state index is -0.367. The molecule has 0 aliphatic rings. The molecule has 0 unspecified atom stereocenters. The van der Waals surface area contributed by atoms with E-state index in [-0.39, 0.29) is 23.4 Å². The van der Waals surface area contributed by atoms with E-state index >= 15 is 0 Å². The quantitative estimate of drug-likeness (QED) is 0.722. The molecule has 2 N–H and O–H groups in total. The highest BCUT2D eigenvalue weighted by molar-refractivity contribution is 6.32. The van der Waals surface area contributed by atoms with Gasteiger partial charge in [0.25, 0.3) is 0 Å². The molecule has 0 spiro atoms. The van der Waals surface area contributed by atoms with Crippen molar-refractivity contribution in [2.75, 3.05) is 23.8 Å². The molecule has 6 nitrogen and oxygen atoms in total. The summed E-state index contributed by atoms with van der Waals surface area (Å²) in [5.41, 5.74) is 2.01. The predicted molar refractivity (Wildman–Crippen MR) is 100 cm³/mol. The molecule has 0 saturated heterocycles. The summed E-state index contributed by atoms with van der Waals surface area (Å²) in [6.45, 7) is 2.35. The number of nitriles is 1. The zero-order valence-electron chi connectivity index (χ0n) is 14.2. The summed E-state index contributed by atoms with van der Waals surface area (Å²) in [7, 11) is 0. The van der Waals surface area contributed by atoms with Crippen LogP contribution >= 0.6 is 11.6 Å². The van der Waals surface area contributed by atoms with Crippen molar-refractivity contribution in [2.45, 2.75) is 13.3 Å². The number of ether oxygens (including phenoxy) is 1. The van der Waals surface area contributed by atoms with E-state index in [1.807, 2.05) is 13.0 Å². The first-order valence-electron chi connectivity index (χ1n) is 8.04. The number of anilines is 2. The van der Waals surface area contributed by atoms with Gasteiger partial charge in [0.1, 0.15) is 6.07 Å². The maximum absolute atomic E-state index is 12.0. The summed E-state index contributed by atoms with van der Waals surface area (Å²) in [6, 6.07) is 13.3. The molecule has 0 atom stereocenters. The van der Waals surface area contributed by atoms with Crippen molar-refractivity contribution in [1.82, 2.24) is 0 Å². The van der Waals surface area contributed by atoms with Crippen molar-refractivity contribution in [3.63, 3.8) is 0 Å². The number of esters is 1. The van der Waals surface area contributed by atoms with E-state index in [0.29, 0.717) is 29.1 Å². The number of rotatable bonds is 7. The Labute approximate surface area is 156 Å². The van der Waals surface area contributed by atoms with E-state index in [4.69, 9.17) is 21.6 Å². The first-order chi connectivity index (χ1) is 12.5. The summed E-state index contributed by atoms with van der Waals surface area (Å²) in [6.07, 6.45) is 0.769. The van der Waals surface area contributed by atoms with Gasteiger partial charge < -0.3 is 15.4 Å². The third kappa shape index (κ3) is 5.50. The van der Waals surface area contributed by atoms with Crippen LogP contribution in [0.3, 0.4) is 0 Å². The van der Waals surface area contributed by atoms with Crippen LogP contribution in [0.5, 0.6) is 0 Å². The van der Waals surface area contributed by atoms with Crippen LogP contribution in [0.25, 0.3) is 0 Å². The van der Waals surface area contributed by atoms with Crippen LogP contribution in [0.2, 0.25) is 5.02 Å². The Morgan fingerprint density at radius 1 is 1.15 bits per heavy atom. The van der Waals surface area contributed by atoms with Crippen molar-refractivity contribution >= 4 is 34.9 Å². The highest BCUT2D eigenvalue weighted by Gasteiger charge is 2.08. The highest BCUT2D eigenvalue weighted by Crippen LogP contribution is 2.20. The second-order valence-electron chi connectivity index (χ2n) is 5.42. The van der Waals surface area contributed by atoms with Crippen LogP contribution in [0.4, 0.5) is 11.4 Å². The molecule has 2 aromatic carbocycles. The molecule has 0 aliphatic heterocycles. The minimum Gasteiger partial charge on any atom is -0.462 e. The molecule has 2 rings (SSSR count). The number of nitrogens with zero attached hydrogens (tertiary/aromatic N) is 1. The number of carbonyl (C=O) groups excluding carboxylic acids is 2. The van der Waals surface area contributed by atoms with E-state index in [2.05, 4.69) is 10.6 Å². The maximum atomic E-state index is 12.0. The molecular formula is C19H18ClN3O3. The third-order valence-corrected chi connectivity index (χ3v) is 3.70. The largest absolute Gasteiger partial charge is 0.462 e. The maximum Gasteiger partial charge on any atom is 0.338 e. The van der Waals surface area contributed by atoms with Crippen molar-refractivity contribution in [3.05, 3.63) is 58.6 Å². The van der Waals surface area contributed by atoms with Crippen LogP contribution in [-0.2, 0) is 9.53 Å². The van der Waals surface area contributed by atoms with E-state index in [9.17, 15) is 9.59 Å². The monoisotopic (exact) mass is 371 g/mol. The Morgan fingerprint density at radius 2 is 1.85 bits per heavy atom. The molecular weight excluding hydrogens is 354 g/mol. The average Bonchev–Trinajstić information content (AvgIpc) is 2.65. The molecule has 7 heteroatoms. The van der Waals surface area contributed by atoms with E-state index < -0.39 is 0 Å².